The molecule has 0 radical (unpaired) electrons. The normalized spacial score (nSPS) is 8.17. The lowest BCUT2D eigenvalue weighted by Gasteiger charge is -1.99. The van der Waals surface area contributed by atoms with E-state index in [0.29, 0.717) is 6.61 Å². The Morgan fingerprint density at radius 2 is 1.75 bits per heavy atom. The summed E-state index contributed by atoms with van der Waals surface area (Å²) < 4.78 is 5.08. The Morgan fingerprint density at radius 1 is 1.33 bits per heavy atom. The second-order valence-corrected chi connectivity index (χ2v) is 1.33. The molecule has 12 heavy (non-hydrogen) atoms. The van der Waals surface area contributed by atoms with Crippen molar-refractivity contribution < 1.29 is 4.74 Å². The van der Waals surface area contributed by atoms with Crippen molar-refractivity contribution >= 4 is 0 Å². The van der Waals surface area contributed by atoms with Crippen LogP contribution in [0.3, 0.4) is 0 Å². The van der Waals surface area contributed by atoms with Crippen molar-refractivity contribution in [2.75, 3.05) is 6.61 Å². The molecule has 0 saturated heterocycles. The van der Waals surface area contributed by atoms with Gasteiger partial charge in [-0.25, -0.2) is 0 Å². The topological polar surface area (TPSA) is 9.23 Å². The zero-order valence-corrected chi connectivity index (χ0v) is 8.89. The molecular weight excluding hydrogens is 148 g/mol. The van der Waals surface area contributed by atoms with Gasteiger partial charge >= 0.3 is 0 Å². The molecule has 0 fully saturated rings. The van der Waals surface area contributed by atoms with Crippen molar-refractivity contribution in [3.05, 3.63) is 37.6 Å². The molecule has 1 heteroatoms. The Balaban J connectivity index is -0.000000175. The minimum atomic E-state index is 0.714. The van der Waals surface area contributed by atoms with E-state index >= 15 is 0 Å². The highest BCUT2D eigenvalue weighted by molar-refractivity contribution is 5.06. The van der Waals surface area contributed by atoms with Gasteiger partial charge in [0.15, 0.2) is 0 Å². The molecule has 0 unspecified atom stereocenters. The van der Waals surface area contributed by atoms with E-state index in [1.165, 1.54) is 0 Å². The van der Waals surface area contributed by atoms with Gasteiger partial charge < -0.3 is 4.74 Å². The third kappa shape index (κ3) is 16.0. The van der Waals surface area contributed by atoms with Gasteiger partial charge in [0.1, 0.15) is 5.76 Å². The van der Waals surface area contributed by atoms with E-state index in [4.69, 9.17) is 4.74 Å². The Kier molecular flexibility index (Phi) is 32.2. The Hall–Kier alpha value is -0.980. The summed E-state index contributed by atoms with van der Waals surface area (Å²) >= 11 is 0. The summed E-state index contributed by atoms with van der Waals surface area (Å²) in [6.45, 7) is 18.1. The van der Waals surface area contributed by atoms with Gasteiger partial charge in [0.25, 0.3) is 0 Å². The molecule has 0 saturated carbocycles. The maximum Gasteiger partial charge on any atom is 0.114 e. The van der Waals surface area contributed by atoms with Crippen molar-refractivity contribution in [3.63, 3.8) is 0 Å². The lowest BCUT2D eigenvalue weighted by atomic mass is 10.4. The SMILES string of the molecule is C=C.C=C/C(=C\C)OCC.CC. The van der Waals surface area contributed by atoms with E-state index in [-0.39, 0.29) is 0 Å². The first kappa shape index (κ1) is 17.2. The molecule has 0 aromatic heterocycles. The number of hydrogen-bond acceptors (Lipinski definition) is 1. The first-order valence-corrected chi connectivity index (χ1v) is 4.26. The second-order valence-electron chi connectivity index (χ2n) is 1.33. The molecule has 0 spiro atoms. The van der Waals surface area contributed by atoms with Crippen LogP contribution in [0.25, 0.3) is 0 Å². The van der Waals surface area contributed by atoms with Crippen LogP contribution in [0.4, 0.5) is 0 Å². The van der Waals surface area contributed by atoms with Crippen LogP contribution in [0.1, 0.15) is 27.7 Å². The highest BCUT2D eigenvalue weighted by atomic mass is 16.5. The maximum absolute atomic E-state index is 5.08. The molecule has 0 amide bonds. The molecule has 0 aliphatic rings. The van der Waals surface area contributed by atoms with E-state index in [9.17, 15) is 0 Å². The van der Waals surface area contributed by atoms with Crippen molar-refractivity contribution in [1.82, 2.24) is 0 Å². The summed E-state index contributed by atoms with van der Waals surface area (Å²) in [4.78, 5) is 0. The van der Waals surface area contributed by atoms with Crippen LogP contribution in [0.2, 0.25) is 0 Å². The van der Waals surface area contributed by atoms with Gasteiger partial charge in [-0.2, -0.15) is 0 Å². The summed E-state index contributed by atoms with van der Waals surface area (Å²) in [5, 5.41) is 0. The minimum absolute atomic E-state index is 0.714. The molecule has 72 valence electrons. The summed E-state index contributed by atoms with van der Waals surface area (Å²) in [5.41, 5.74) is 0. The smallest absolute Gasteiger partial charge is 0.114 e. The molecule has 0 aromatic rings. The monoisotopic (exact) mass is 170 g/mol. The van der Waals surface area contributed by atoms with E-state index in [2.05, 4.69) is 19.7 Å². The maximum atomic E-state index is 5.08. The predicted octanol–water partition coefficient (Wildman–Crippen LogP) is 3.94. The van der Waals surface area contributed by atoms with Crippen LogP contribution >= 0.6 is 0 Å². The molecule has 0 aromatic carbocycles. The molecule has 0 bridgehead atoms. The average molecular weight is 170 g/mol. The molecule has 0 atom stereocenters. The number of ether oxygens (including phenoxy) is 1. The Bertz CT molecular complexity index is 104. The highest BCUT2D eigenvalue weighted by Gasteiger charge is 1.82. The predicted molar refractivity (Wildman–Crippen MR) is 58.2 cm³/mol. The summed E-state index contributed by atoms with van der Waals surface area (Å²) in [5.74, 6) is 0.854. The van der Waals surface area contributed by atoms with Crippen LogP contribution in [0.15, 0.2) is 37.6 Å². The number of hydrogen-bond donors (Lipinski definition) is 0. The molecule has 0 aliphatic heterocycles. The lowest BCUT2D eigenvalue weighted by Crippen LogP contribution is -1.85. The first-order valence-electron chi connectivity index (χ1n) is 4.26. The van der Waals surface area contributed by atoms with E-state index in [1.807, 2.05) is 33.8 Å². The second kappa shape index (κ2) is 22.5. The Labute approximate surface area is 77.4 Å². The van der Waals surface area contributed by atoms with Crippen molar-refractivity contribution in [2.45, 2.75) is 27.7 Å². The van der Waals surface area contributed by atoms with Gasteiger partial charge in [0.05, 0.1) is 6.61 Å². The van der Waals surface area contributed by atoms with Gasteiger partial charge in [-0.05, 0) is 26.0 Å². The molecule has 0 aliphatic carbocycles. The molecule has 1 nitrogen and oxygen atoms in total. The van der Waals surface area contributed by atoms with Crippen molar-refractivity contribution in [3.8, 4) is 0 Å². The van der Waals surface area contributed by atoms with E-state index in [0.717, 1.165) is 5.76 Å². The van der Waals surface area contributed by atoms with Gasteiger partial charge in [0, 0.05) is 0 Å². The van der Waals surface area contributed by atoms with Gasteiger partial charge in [-0.1, -0.05) is 20.4 Å². The molecule has 0 rings (SSSR count). The van der Waals surface area contributed by atoms with Crippen LogP contribution in [-0.2, 0) is 4.74 Å². The summed E-state index contributed by atoms with van der Waals surface area (Å²) in [6, 6.07) is 0. The van der Waals surface area contributed by atoms with Crippen molar-refractivity contribution in [1.29, 1.82) is 0 Å². The van der Waals surface area contributed by atoms with Crippen molar-refractivity contribution in [2.24, 2.45) is 0 Å². The third-order valence-electron chi connectivity index (χ3n) is 0.797. The Morgan fingerprint density at radius 3 is 1.83 bits per heavy atom. The standard InChI is InChI=1S/C7H12O.C2H6.C2H4/c1-4-7(5-2)8-6-3;2*1-2/h4-5H,1,6H2,2-3H3;1-2H3;1-2H2/b7-5+;;. The number of allylic oxidation sites excluding steroid dienone is 2. The highest BCUT2D eigenvalue weighted by Crippen LogP contribution is 1.95. The van der Waals surface area contributed by atoms with E-state index in [1.54, 1.807) is 6.08 Å². The van der Waals surface area contributed by atoms with Crippen LogP contribution in [0.5, 0.6) is 0 Å². The lowest BCUT2D eigenvalue weighted by molar-refractivity contribution is 0.242. The third-order valence-corrected chi connectivity index (χ3v) is 0.797. The molecule has 0 heterocycles. The van der Waals surface area contributed by atoms with Crippen LogP contribution < -0.4 is 0 Å². The summed E-state index contributed by atoms with van der Waals surface area (Å²) in [7, 11) is 0. The van der Waals surface area contributed by atoms with Gasteiger partial charge in [-0.15, -0.1) is 13.2 Å². The largest absolute Gasteiger partial charge is 0.494 e. The zero-order chi connectivity index (χ0) is 10.4. The average Bonchev–Trinajstić information content (AvgIpc) is 2.20. The molecular formula is C11H22O. The molecule has 0 N–H and O–H groups in total. The van der Waals surface area contributed by atoms with E-state index < -0.39 is 0 Å². The fourth-order valence-electron chi connectivity index (χ4n) is 0.427. The van der Waals surface area contributed by atoms with Gasteiger partial charge in [0.2, 0.25) is 0 Å². The van der Waals surface area contributed by atoms with Gasteiger partial charge in [-0.3, -0.25) is 0 Å². The fourth-order valence-corrected chi connectivity index (χ4v) is 0.427. The summed E-state index contributed by atoms with van der Waals surface area (Å²) in [6.07, 6.45) is 3.58. The zero-order valence-electron chi connectivity index (χ0n) is 8.89. The first-order chi connectivity index (χ1) is 5.85. The minimum Gasteiger partial charge on any atom is -0.494 e. The quantitative estimate of drug-likeness (QED) is 0.354. The fraction of sp³-hybridized carbons (Fsp3) is 0.455. The van der Waals surface area contributed by atoms with Crippen LogP contribution in [0, 0.1) is 0 Å². The number of rotatable bonds is 3. The van der Waals surface area contributed by atoms with Crippen LogP contribution in [-0.4, -0.2) is 6.61 Å².